The minimum absolute atomic E-state index is 0. The molecule has 0 aromatic heterocycles. The first-order valence-electron chi connectivity index (χ1n) is 7.18. The number of carboxylic acid groups (broad SMARTS) is 1. The van der Waals surface area contributed by atoms with Crippen LogP contribution in [-0.4, -0.2) is 12.3 Å². The van der Waals surface area contributed by atoms with E-state index in [0.29, 0.717) is 5.57 Å². The fourth-order valence-corrected chi connectivity index (χ4v) is 1.32. The van der Waals surface area contributed by atoms with Crippen LogP contribution in [0.3, 0.4) is 0 Å². The van der Waals surface area contributed by atoms with E-state index in [4.69, 9.17) is 0 Å². The molecule has 0 rings (SSSR count). The second-order valence-corrected chi connectivity index (χ2v) is 5.01. The Hall–Kier alpha value is -1.72. The van der Waals surface area contributed by atoms with Crippen molar-refractivity contribution < 1.29 is 49.7 Å². The zero-order valence-electron chi connectivity index (χ0n) is 15.6. The van der Waals surface area contributed by atoms with Gasteiger partial charge in [0.1, 0.15) is 0 Å². The average Bonchev–Trinajstić information content (AvgIpc) is 2.51. The number of carbonyl (C=O) groups is 1. The predicted molar refractivity (Wildman–Crippen MR) is 98.0 cm³/mol. The zero-order chi connectivity index (χ0) is 17.7. The molecule has 4 nitrogen and oxygen atoms in total. The monoisotopic (exact) mass is 352 g/mol. The summed E-state index contributed by atoms with van der Waals surface area (Å²) in [6.07, 6.45) is 19.8. The van der Waals surface area contributed by atoms with Crippen molar-refractivity contribution in [3.63, 3.8) is 0 Å². The van der Waals surface area contributed by atoms with Gasteiger partial charge in [0.2, 0.25) is 0 Å². The third-order valence-electron chi connectivity index (χ3n) is 2.72. The van der Waals surface area contributed by atoms with Crippen molar-refractivity contribution in [2.45, 2.75) is 27.7 Å². The van der Waals surface area contributed by atoms with Gasteiger partial charge in [0.05, 0.1) is 5.97 Å². The number of hydrogen-bond donors (Lipinski definition) is 0. The first-order valence-corrected chi connectivity index (χ1v) is 7.18. The van der Waals surface area contributed by atoms with Crippen molar-refractivity contribution in [2.75, 3.05) is 0 Å². The van der Waals surface area contributed by atoms with Crippen molar-refractivity contribution in [1.82, 2.24) is 0 Å². The average molecular weight is 352 g/mol. The van der Waals surface area contributed by atoms with Gasteiger partial charge in [-0.1, -0.05) is 66.7 Å². The molecule has 0 saturated heterocycles. The Morgan fingerprint density at radius 1 is 0.800 bits per heavy atom. The first kappa shape index (κ1) is 28.1. The van der Waals surface area contributed by atoms with Crippen LogP contribution in [0.4, 0.5) is 0 Å². The molecule has 0 aromatic carbocycles. The van der Waals surface area contributed by atoms with E-state index < -0.39 is 5.97 Å². The van der Waals surface area contributed by atoms with Gasteiger partial charge in [0.25, 0.3) is 0 Å². The van der Waals surface area contributed by atoms with Gasteiger partial charge in [-0.05, 0) is 32.6 Å². The van der Waals surface area contributed by atoms with Gasteiger partial charge < -0.3 is 20.2 Å². The Kier molecular flexibility index (Phi) is 19.2. The molecule has 0 aliphatic heterocycles. The molecule has 0 unspecified atom stereocenters. The molecule has 0 bridgehead atoms. The van der Waals surface area contributed by atoms with Gasteiger partial charge in [-0.15, -0.1) is 6.08 Å². The molecule has 0 aliphatic carbocycles. The van der Waals surface area contributed by atoms with Crippen molar-refractivity contribution in [3.8, 4) is 0 Å². The van der Waals surface area contributed by atoms with Crippen LogP contribution >= 0.6 is 0 Å². The summed E-state index contributed by atoms with van der Waals surface area (Å²) >= 11 is 0. The fraction of sp³-hybridized carbons (Fsp3) is 0.200. The SMILES string of the molecule is C\C([C-]=O)=C/C=C/C(C)=C/C=C/C=C(C)/C=C/C=C(\C)C(=O)[O-].[Na+].[OH3+]. The normalized spacial score (nSPS) is 13.9. The maximum absolute atomic E-state index is 10.5. The van der Waals surface area contributed by atoms with Crippen molar-refractivity contribution in [2.24, 2.45) is 0 Å². The van der Waals surface area contributed by atoms with Crippen LogP contribution in [0.5, 0.6) is 0 Å². The van der Waals surface area contributed by atoms with Crippen molar-refractivity contribution in [3.05, 3.63) is 83.1 Å². The molecule has 25 heavy (non-hydrogen) atoms. The van der Waals surface area contributed by atoms with Crippen LogP contribution in [0, 0.1) is 0 Å². The van der Waals surface area contributed by atoms with E-state index in [-0.39, 0.29) is 40.6 Å². The summed E-state index contributed by atoms with van der Waals surface area (Å²) in [6.45, 7) is 7.06. The smallest absolute Gasteiger partial charge is 0.545 e. The van der Waals surface area contributed by atoms with E-state index in [2.05, 4.69) is 0 Å². The standard InChI is InChI=1S/C20H23O3.Na.H2O/c1-16(11-7-13-18(3)15-21)9-5-6-10-17(2)12-8-14-19(4)20(22)23;;/h5-14H,1-4H3,(H,22,23);;1H2/q-1;+1;/b6-5+,11-7+,12-8+,16-9+,17-10+,18-13+,19-14+;;. The molecule has 0 fully saturated rings. The van der Waals surface area contributed by atoms with E-state index in [1.165, 1.54) is 13.0 Å². The molecule has 0 radical (unpaired) electrons. The molecule has 0 saturated carbocycles. The summed E-state index contributed by atoms with van der Waals surface area (Å²) in [4.78, 5) is 20.8. The molecule has 0 amide bonds. The van der Waals surface area contributed by atoms with E-state index in [9.17, 15) is 14.7 Å². The molecular weight excluding hydrogens is 327 g/mol. The number of carboxylic acids is 1. The van der Waals surface area contributed by atoms with Gasteiger partial charge in [-0.25, -0.2) is 6.08 Å². The van der Waals surface area contributed by atoms with Crippen LogP contribution in [0.25, 0.3) is 0 Å². The summed E-state index contributed by atoms with van der Waals surface area (Å²) in [6, 6.07) is 0. The fourth-order valence-electron chi connectivity index (χ4n) is 1.32. The Morgan fingerprint density at radius 2 is 1.24 bits per heavy atom. The zero-order valence-corrected chi connectivity index (χ0v) is 17.6. The molecular formula is C20H25NaO4. The van der Waals surface area contributed by atoms with Crippen LogP contribution in [0.2, 0.25) is 0 Å². The Morgan fingerprint density at radius 3 is 1.64 bits per heavy atom. The molecule has 0 aliphatic rings. The Balaban J connectivity index is -0.00000242. The summed E-state index contributed by atoms with van der Waals surface area (Å²) in [5.74, 6) is -1.17. The maximum atomic E-state index is 10.5. The van der Waals surface area contributed by atoms with Gasteiger partial charge >= 0.3 is 29.6 Å². The van der Waals surface area contributed by atoms with Gasteiger partial charge in [-0.3, -0.25) is 0 Å². The van der Waals surface area contributed by atoms with Crippen LogP contribution in [0.1, 0.15) is 27.7 Å². The number of rotatable bonds is 8. The van der Waals surface area contributed by atoms with Crippen molar-refractivity contribution in [1.29, 1.82) is 0 Å². The summed E-state index contributed by atoms with van der Waals surface area (Å²) in [5.41, 5.74) is 2.78. The summed E-state index contributed by atoms with van der Waals surface area (Å²) in [7, 11) is 0. The first-order chi connectivity index (χ1) is 10.9. The third-order valence-corrected chi connectivity index (χ3v) is 2.72. The number of hydrogen-bond acceptors (Lipinski definition) is 3. The van der Waals surface area contributed by atoms with Crippen LogP contribution in [-0.2, 0) is 15.1 Å². The second kappa shape index (κ2) is 17.1. The minimum atomic E-state index is -1.17. The maximum Gasteiger partial charge on any atom is 1.00 e. The third kappa shape index (κ3) is 16.9. The van der Waals surface area contributed by atoms with Gasteiger partial charge in [0.15, 0.2) is 0 Å². The number of carbonyl (C=O) groups excluding carboxylic acids is 2. The molecule has 0 atom stereocenters. The second-order valence-electron chi connectivity index (χ2n) is 5.01. The molecule has 130 valence electrons. The van der Waals surface area contributed by atoms with Gasteiger partial charge in [-0.2, -0.15) is 5.57 Å². The largest absolute Gasteiger partial charge is 1.00 e. The van der Waals surface area contributed by atoms with Gasteiger partial charge in [0, 0.05) is 0 Å². The molecule has 0 heterocycles. The number of aliphatic carboxylic acids is 1. The number of allylic oxidation sites excluding steroid dienone is 13. The van der Waals surface area contributed by atoms with Crippen molar-refractivity contribution >= 4 is 12.3 Å². The van der Waals surface area contributed by atoms with E-state index in [1.807, 2.05) is 50.3 Å². The van der Waals surface area contributed by atoms with E-state index >= 15 is 0 Å². The van der Waals surface area contributed by atoms with Crippen LogP contribution in [0.15, 0.2) is 83.1 Å². The quantitative estimate of drug-likeness (QED) is 0.192. The molecule has 5 heteroatoms. The molecule has 3 N–H and O–H groups in total. The predicted octanol–water partition coefficient (Wildman–Crippen LogP) is -0.618. The molecule has 0 aromatic rings. The Bertz CT molecular complexity index is 630. The van der Waals surface area contributed by atoms with E-state index in [0.717, 1.165) is 11.1 Å². The minimum Gasteiger partial charge on any atom is -0.545 e. The topological polar surface area (TPSA) is 90.2 Å². The van der Waals surface area contributed by atoms with Crippen LogP contribution < -0.4 is 34.7 Å². The molecule has 0 spiro atoms. The van der Waals surface area contributed by atoms with E-state index in [1.54, 1.807) is 31.4 Å². The summed E-state index contributed by atoms with van der Waals surface area (Å²) in [5, 5.41) is 10.5. The Labute approximate surface area is 172 Å². The summed E-state index contributed by atoms with van der Waals surface area (Å²) < 4.78 is 0.